The Hall–Kier alpha value is -1.55. The molecule has 1 aromatic carbocycles. The molecule has 1 amide bonds. The van der Waals surface area contributed by atoms with Crippen molar-refractivity contribution in [3.05, 3.63) is 18.2 Å². The Bertz CT molecular complexity index is 338. The first-order valence-corrected chi connectivity index (χ1v) is 5.59. The Morgan fingerprint density at radius 3 is 2.56 bits per heavy atom. The predicted octanol–water partition coefficient (Wildman–Crippen LogP) is 1.59. The van der Waals surface area contributed by atoms with E-state index in [2.05, 4.69) is 5.32 Å². The molecule has 4 N–H and O–H groups in total. The molecule has 0 radical (unpaired) electrons. The largest absolute Gasteiger partial charge is 0.506 e. The first kappa shape index (κ1) is 14.5. The number of benzene rings is 1. The van der Waals surface area contributed by atoms with E-state index in [1.54, 1.807) is 25.1 Å². The molecule has 0 spiro atoms. The predicted molar refractivity (Wildman–Crippen MR) is 65.9 cm³/mol. The zero-order valence-electron chi connectivity index (χ0n) is 10.4. The maximum Gasteiger partial charge on any atom is 0.224 e. The van der Waals surface area contributed by atoms with Gasteiger partial charge >= 0.3 is 0 Å². The van der Waals surface area contributed by atoms with E-state index < -0.39 is 0 Å². The summed E-state index contributed by atoms with van der Waals surface area (Å²) in [6.07, 6.45) is 0.402. The van der Waals surface area contributed by atoms with Gasteiger partial charge in [-0.15, -0.1) is 0 Å². The number of rotatable bonds is 3. The Labute approximate surface area is 96.7 Å². The highest BCUT2D eigenvalue weighted by Gasteiger charge is 2.06. The zero-order valence-corrected chi connectivity index (χ0v) is 10.4. The normalized spacial score (nSPS) is 9.00. The van der Waals surface area contributed by atoms with Gasteiger partial charge in [0.05, 0.1) is 12.7 Å². The van der Waals surface area contributed by atoms with Crippen molar-refractivity contribution in [3.8, 4) is 5.75 Å². The van der Waals surface area contributed by atoms with Crippen molar-refractivity contribution in [2.75, 3.05) is 12.4 Å². The van der Waals surface area contributed by atoms with E-state index in [0.29, 0.717) is 12.1 Å². The van der Waals surface area contributed by atoms with Crippen LogP contribution in [0.15, 0.2) is 18.2 Å². The molecule has 4 nitrogen and oxygen atoms in total. The lowest BCUT2D eigenvalue weighted by atomic mass is 10.2. The number of hydrogen-bond donors (Lipinski definition) is 3. The standard InChI is InChI=1S/C10H14N2O2.C2H6/c1-3-10(14)12-8-6-7(11-2)4-5-9(8)13;1-2/h4-6,11,13H,3H2,1-2H3,(H,12,14);1-2H3/p+1. The van der Waals surface area contributed by atoms with Gasteiger partial charge in [-0.1, -0.05) is 20.8 Å². The number of phenols is 1. The minimum atomic E-state index is -0.103. The topological polar surface area (TPSA) is 65.9 Å². The lowest BCUT2D eigenvalue weighted by Crippen LogP contribution is -2.72. The lowest BCUT2D eigenvalue weighted by molar-refractivity contribution is -0.539. The van der Waals surface area contributed by atoms with Gasteiger partial charge in [-0.25, -0.2) is 0 Å². The summed E-state index contributed by atoms with van der Waals surface area (Å²) in [4.78, 5) is 11.1. The van der Waals surface area contributed by atoms with Gasteiger partial charge in [0.15, 0.2) is 0 Å². The molecular formula is C12H21N2O2+. The lowest BCUT2D eigenvalue weighted by Gasteiger charge is -2.06. The minimum Gasteiger partial charge on any atom is -0.506 e. The molecule has 0 saturated carbocycles. The molecule has 0 unspecified atom stereocenters. The first-order chi connectivity index (χ1) is 7.67. The summed E-state index contributed by atoms with van der Waals surface area (Å²) in [7, 11) is 1.90. The van der Waals surface area contributed by atoms with E-state index in [-0.39, 0.29) is 11.7 Å². The van der Waals surface area contributed by atoms with Crippen LogP contribution in [0.2, 0.25) is 0 Å². The van der Waals surface area contributed by atoms with Crippen molar-refractivity contribution in [3.63, 3.8) is 0 Å². The van der Waals surface area contributed by atoms with E-state index in [1.165, 1.54) is 0 Å². The number of phenolic OH excluding ortho intramolecular Hbond substituents is 1. The van der Waals surface area contributed by atoms with E-state index in [4.69, 9.17) is 0 Å². The summed E-state index contributed by atoms with van der Waals surface area (Å²) in [5.74, 6) is -0.00838. The van der Waals surface area contributed by atoms with Crippen molar-refractivity contribution >= 4 is 17.3 Å². The second-order valence-electron chi connectivity index (χ2n) is 2.97. The molecule has 0 aliphatic heterocycles. The Morgan fingerprint density at radius 2 is 2.06 bits per heavy atom. The molecule has 0 bridgehead atoms. The number of nitrogens with one attached hydrogen (secondary N) is 1. The second kappa shape index (κ2) is 7.70. The number of anilines is 1. The van der Waals surface area contributed by atoms with Gasteiger partial charge < -0.3 is 15.7 Å². The fourth-order valence-electron chi connectivity index (χ4n) is 1.07. The molecular weight excluding hydrogens is 204 g/mol. The summed E-state index contributed by atoms with van der Waals surface area (Å²) >= 11 is 0. The molecule has 0 aliphatic rings. The molecule has 0 fully saturated rings. The number of amides is 1. The zero-order chi connectivity index (χ0) is 12.6. The molecule has 0 aromatic heterocycles. The Balaban J connectivity index is 0.00000106. The summed E-state index contributed by atoms with van der Waals surface area (Å²) in [5, 5.41) is 14.0. The van der Waals surface area contributed by atoms with Crippen molar-refractivity contribution < 1.29 is 15.2 Å². The summed E-state index contributed by atoms with van der Waals surface area (Å²) < 4.78 is 0. The average Bonchev–Trinajstić information content (AvgIpc) is 2.34. The molecule has 1 aromatic rings. The number of carbonyl (C=O) groups excluding carboxylic acids is 1. The van der Waals surface area contributed by atoms with E-state index in [9.17, 15) is 9.90 Å². The molecule has 0 saturated heterocycles. The third kappa shape index (κ3) is 4.31. The average molecular weight is 225 g/mol. The van der Waals surface area contributed by atoms with E-state index in [1.807, 2.05) is 26.2 Å². The number of nitrogens with two attached hydrogens (primary N) is 1. The smallest absolute Gasteiger partial charge is 0.224 e. The van der Waals surface area contributed by atoms with Gasteiger partial charge in [-0.05, 0) is 6.07 Å². The van der Waals surface area contributed by atoms with Gasteiger partial charge in [0.25, 0.3) is 0 Å². The summed E-state index contributed by atoms with van der Waals surface area (Å²) in [6, 6.07) is 5.10. The van der Waals surface area contributed by atoms with Crippen LogP contribution in [0.3, 0.4) is 0 Å². The summed E-state index contributed by atoms with van der Waals surface area (Å²) in [5.41, 5.74) is 1.43. The van der Waals surface area contributed by atoms with E-state index >= 15 is 0 Å². The third-order valence-corrected chi connectivity index (χ3v) is 1.95. The highest BCUT2D eigenvalue weighted by molar-refractivity contribution is 5.92. The molecule has 0 heterocycles. The van der Waals surface area contributed by atoms with Crippen molar-refractivity contribution in [1.29, 1.82) is 0 Å². The molecule has 90 valence electrons. The molecule has 4 heteroatoms. The molecule has 0 aliphatic carbocycles. The van der Waals surface area contributed by atoms with Gasteiger partial charge in [0.2, 0.25) is 5.91 Å². The SMILES string of the molecule is CC.CCC(=O)Nc1cc([NH2+]C)ccc1O. The maximum absolute atomic E-state index is 11.1. The van der Waals surface area contributed by atoms with Crippen LogP contribution in [-0.2, 0) is 4.79 Å². The summed E-state index contributed by atoms with van der Waals surface area (Å²) in [6.45, 7) is 5.77. The van der Waals surface area contributed by atoms with Gasteiger partial charge in [0.1, 0.15) is 11.4 Å². The van der Waals surface area contributed by atoms with Crippen LogP contribution in [-0.4, -0.2) is 18.1 Å². The highest BCUT2D eigenvalue weighted by Crippen LogP contribution is 2.24. The Kier molecular flexibility index (Phi) is 6.96. The second-order valence-corrected chi connectivity index (χ2v) is 2.97. The fourth-order valence-corrected chi connectivity index (χ4v) is 1.07. The van der Waals surface area contributed by atoms with Crippen LogP contribution in [0.25, 0.3) is 0 Å². The first-order valence-electron chi connectivity index (χ1n) is 5.59. The van der Waals surface area contributed by atoms with Gasteiger partial charge in [-0.3, -0.25) is 4.79 Å². The maximum atomic E-state index is 11.1. The minimum absolute atomic E-state index is 0.0948. The number of hydrogen-bond acceptors (Lipinski definition) is 2. The van der Waals surface area contributed by atoms with Gasteiger partial charge in [-0.2, -0.15) is 0 Å². The number of aromatic hydroxyl groups is 1. The van der Waals surface area contributed by atoms with Crippen molar-refractivity contribution in [1.82, 2.24) is 0 Å². The van der Waals surface area contributed by atoms with Crippen LogP contribution >= 0.6 is 0 Å². The van der Waals surface area contributed by atoms with Crippen LogP contribution in [0.5, 0.6) is 5.75 Å². The van der Waals surface area contributed by atoms with Crippen LogP contribution < -0.4 is 10.6 Å². The van der Waals surface area contributed by atoms with Crippen molar-refractivity contribution in [2.24, 2.45) is 0 Å². The highest BCUT2D eigenvalue weighted by atomic mass is 16.3. The molecule has 0 atom stereocenters. The fraction of sp³-hybridized carbons (Fsp3) is 0.417. The molecule has 1 rings (SSSR count). The van der Waals surface area contributed by atoms with Crippen LogP contribution in [0.4, 0.5) is 11.4 Å². The number of carbonyl (C=O) groups is 1. The quantitative estimate of drug-likeness (QED) is 0.415. The monoisotopic (exact) mass is 225 g/mol. The molecule has 16 heavy (non-hydrogen) atoms. The van der Waals surface area contributed by atoms with E-state index in [0.717, 1.165) is 5.69 Å². The number of quaternary nitrogens is 1. The van der Waals surface area contributed by atoms with Crippen molar-refractivity contribution in [2.45, 2.75) is 27.2 Å². The van der Waals surface area contributed by atoms with Gasteiger partial charge in [0, 0.05) is 18.6 Å². The third-order valence-electron chi connectivity index (χ3n) is 1.95. The van der Waals surface area contributed by atoms with Crippen LogP contribution in [0, 0.1) is 0 Å². The van der Waals surface area contributed by atoms with Crippen LogP contribution in [0.1, 0.15) is 27.2 Å². The Morgan fingerprint density at radius 1 is 1.44 bits per heavy atom.